The molecule has 1 saturated heterocycles. The molecule has 30 heavy (non-hydrogen) atoms. The highest BCUT2D eigenvalue weighted by Gasteiger charge is 2.21. The van der Waals surface area contributed by atoms with Crippen molar-refractivity contribution in [3.05, 3.63) is 77.9 Å². The van der Waals surface area contributed by atoms with E-state index in [9.17, 15) is 0 Å². The zero-order valence-electron chi connectivity index (χ0n) is 17.3. The number of anilines is 2. The van der Waals surface area contributed by atoms with Crippen LogP contribution in [0, 0.1) is 6.92 Å². The molecule has 5 nitrogen and oxygen atoms in total. The fourth-order valence-corrected chi connectivity index (χ4v) is 4.17. The van der Waals surface area contributed by atoms with E-state index in [4.69, 9.17) is 10.7 Å². The molecule has 1 aliphatic heterocycles. The smallest absolute Gasteiger partial charge is 0.206 e. The molecule has 2 heterocycles. The number of hydrogen-bond donors (Lipinski definition) is 2. The van der Waals surface area contributed by atoms with E-state index in [1.165, 1.54) is 16.6 Å². The van der Waals surface area contributed by atoms with Gasteiger partial charge in [-0.15, -0.1) is 0 Å². The number of fused-ring (bicyclic) bond motifs is 1. The molecule has 0 unspecified atom stereocenters. The van der Waals surface area contributed by atoms with E-state index in [1.807, 2.05) is 12.1 Å². The van der Waals surface area contributed by atoms with Crippen molar-refractivity contribution in [1.82, 2.24) is 14.9 Å². The van der Waals surface area contributed by atoms with Crippen LogP contribution in [0.5, 0.6) is 0 Å². The second-order valence-corrected chi connectivity index (χ2v) is 8.02. The maximum absolute atomic E-state index is 5.91. The van der Waals surface area contributed by atoms with Gasteiger partial charge in [0.1, 0.15) is 0 Å². The van der Waals surface area contributed by atoms with Crippen molar-refractivity contribution in [2.24, 2.45) is 0 Å². The predicted molar refractivity (Wildman–Crippen MR) is 125 cm³/mol. The summed E-state index contributed by atoms with van der Waals surface area (Å²) in [4.78, 5) is 7.58. The number of piperazine rings is 1. The van der Waals surface area contributed by atoms with Crippen molar-refractivity contribution in [2.45, 2.75) is 13.5 Å². The summed E-state index contributed by atoms with van der Waals surface area (Å²) in [5.74, 6) is 1.05. The molecular weight excluding hydrogens is 370 g/mol. The topological polar surface area (TPSA) is 59.1 Å². The first-order chi connectivity index (χ1) is 14.7. The van der Waals surface area contributed by atoms with Crippen molar-refractivity contribution < 1.29 is 0 Å². The van der Waals surface area contributed by atoms with Gasteiger partial charge in [0.2, 0.25) is 5.95 Å². The predicted octanol–water partition coefficient (Wildman–Crippen LogP) is 4.05. The highest BCUT2D eigenvalue weighted by molar-refractivity contribution is 5.94. The summed E-state index contributed by atoms with van der Waals surface area (Å²) < 4.78 is 2.37. The van der Waals surface area contributed by atoms with Crippen LogP contribution in [0.1, 0.15) is 11.1 Å². The number of aromatic nitrogens is 2. The molecule has 1 aromatic heterocycles. The third kappa shape index (κ3) is 3.53. The van der Waals surface area contributed by atoms with E-state index in [1.54, 1.807) is 0 Å². The van der Waals surface area contributed by atoms with E-state index in [-0.39, 0.29) is 0 Å². The molecular formula is C25H27N5. The SMILES string of the molecule is Cc1ccc(Cn2c(N3CCNCC3)nc3c(-c4ccc(N)cc4)cccc32)cc1. The van der Waals surface area contributed by atoms with Crippen LogP contribution in [0.15, 0.2) is 66.7 Å². The Balaban J connectivity index is 1.66. The van der Waals surface area contributed by atoms with Gasteiger partial charge in [-0.05, 0) is 36.2 Å². The molecule has 0 aliphatic carbocycles. The Kier molecular flexibility index (Phi) is 4.89. The van der Waals surface area contributed by atoms with Gasteiger partial charge in [0, 0.05) is 37.4 Å². The number of imidazole rings is 1. The van der Waals surface area contributed by atoms with Crippen LogP contribution in [0.2, 0.25) is 0 Å². The van der Waals surface area contributed by atoms with Crippen molar-refractivity contribution in [3.8, 4) is 11.1 Å². The Labute approximate surface area is 177 Å². The molecule has 152 valence electrons. The fourth-order valence-electron chi connectivity index (χ4n) is 4.17. The number of para-hydroxylation sites is 1. The van der Waals surface area contributed by atoms with E-state index in [0.717, 1.165) is 61.0 Å². The second-order valence-electron chi connectivity index (χ2n) is 8.02. The van der Waals surface area contributed by atoms with Gasteiger partial charge in [-0.3, -0.25) is 0 Å². The highest BCUT2D eigenvalue weighted by atomic mass is 15.3. The Morgan fingerprint density at radius 3 is 2.40 bits per heavy atom. The highest BCUT2D eigenvalue weighted by Crippen LogP contribution is 2.32. The average Bonchev–Trinajstić information content (AvgIpc) is 3.15. The minimum Gasteiger partial charge on any atom is -0.399 e. The van der Waals surface area contributed by atoms with Gasteiger partial charge < -0.3 is 20.5 Å². The minimum absolute atomic E-state index is 0.775. The number of nitrogens with two attached hydrogens (primary N) is 1. The Morgan fingerprint density at radius 2 is 1.67 bits per heavy atom. The third-order valence-corrected chi connectivity index (χ3v) is 5.84. The molecule has 4 aromatic rings. The Bertz CT molecular complexity index is 1150. The van der Waals surface area contributed by atoms with Gasteiger partial charge in [-0.1, -0.05) is 54.1 Å². The van der Waals surface area contributed by atoms with Gasteiger partial charge in [0.15, 0.2) is 0 Å². The van der Waals surface area contributed by atoms with Crippen molar-refractivity contribution in [1.29, 1.82) is 0 Å². The molecule has 0 saturated carbocycles. The number of nitrogen functional groups attached to an aromatic ring is 1. The van der Waals surface area contributed by atoms with Crippen LogP contribution >= 0.6 is 0 Å². The van der Waals surface area contributed by atoms with Gasteiger partial charge >= 0.3 is 0 Å². The molecule has 0 amide bonds. The number of benzene rings is 3. The lowest BCUT2D eigenvalue weighted by Crippen LogP contribution is -2.44. The molecule has 0 radical (unpaired) electrons. The summed E-state index contributed by atoms with van der Waals surface area (Å²) in [5, 5.41) is 3.45. The lowest BCUT2D eigenvalue weighted by molar-refractivity contribution is 0.571. The summed E-state index contributed by atoms with van der Waals surface area (Å²) in [5.41, 5.74) is 13.7. The molecule has 3 N–H and O–H groups in total. The Hall–Kier alpha value is -3.31. The van der Waals surface area contributed by atoms with E-state index >= 15 is 0 Å². The zero-order chi connectivity index (χ0) is 20.5. The number of nitrogens with zero attached hydrogens (tertiary/aromatic N) is 3. The lowest BCUT2D eigenvalue weighted by Gasteiger charge is -2.29. The van der Waals surface area contributed by atoms with Crippen molar-refractivity contribution >= 4 is 22.7 Å². The third-order valence-electron chi connectivity index (χ3n) is 5.84. The first-order valence-corrected chi connectivity index (χ1v) is 10.6. The average molecular weight is 398 g/mol. The van der Waals surface area contributed by atoms with Crippen molar-refractivity contribution in [3.63, 3.8) is 0 Å². The maximum atomic E-state index is 5.91. The van der Waals surface area contributed by atoms with Crippen LogP contribution in [-0.2, 0) is 6.54 Å². The first kappa shape index (κ1) is 18.7. The molecule has 1 aliphatic rings. The van der Waals surface area contributed by atoms with Crippen LogP contribution in [0.3, 0.4) is 0 Å². The number of nitrogens with one attached hydrogen (secondary N) is 1. The quantitative estimate of drug-likeness (QED) is 0.510. The van der Waals surface area contributed by atoms with Crippen LogP contribution < -0.4 is 16.0 Å². The van der Waals surface area contributed by atoms with Crippen LogP contribution in [-0.4, -0.2) is 35.7 Å². The van der Waals surface area contributed by atoms with Gasteiger partial charge in [-0.2, -0.15) is 0 Å². The largest absolute Gasteiger partial charge is 0.399 e. The van der Waals surface area contributed by atoms with Crippen LogP contribution in [0.25, 0.3) is 22.2 Å². The first-order valence-electron chi connectivity index (χ1n) is 10.6. The van der Waals surface area contributed by atoms with Crippen molar-refractivity contribution in [2.75, 3.05) is 36.8 Å². The summed E-state index contributed by atoms with van der Waals surface area (Å²) in [6, 6.07) is 23.3. The maximum Gasteiger partial charge on any atom is 0.206 e. The minimum atomic E-state index is 0.775. The lowest BCUT2D eigenvalue weighted by atomic mass is 10.0. The van der Waals surface area contributed by atoms with Gasteiger partial charge in [0.05, 0.1) is 17.6 Å². The summed E-state index contributed by atoms with van der Waals surface area (Å²) in [6.45, 7) is 6.84. The van der Waals surface area contributed by atoms with E-state index < -0.39 is 0 Å². The van der Waals surface area contributed by atoms with Gasteiger partial charge in [0.25, 0.3) is 0 Å². The molecule has 1 fully saturated rings. The second kappa shape index (κ2) is 7.84. The standard InChI is InChI=1S/C25H27N5/c1-18-5-7-19(8-6-18)17-30-23-4-2-3-22(20-9-11-21(26)12-10-20)24(23)28-25(30)29-15-13-27-14-16-29/h2-12,27H,13-17,26H2,1H3. The summed E-state index contributed by atoms with van der Waals surface area (Å²) >= 11 is 0. The zero-order valence-corrected chi connectivity index (χ0v) is 17.3. The normalized spacial score (nSPS) is 14.4. The summed E-state index contributed by atoms with van der Waals surface area (Å²) in [7, 11) is 0. The van der Waals surface area contributed by atoms with E-state index in [2.05, 4.69) is 76.3 Å². The monoisotopic (exact) mass is 397 g/mol. The number of hydrogen-bond acceptors (Lipinski definition) is 4. The van der Waals surface area contributed by atoms with E-state index in [0.29, 0.717) is 0 Å². The molecule has 0 spiro atoms. The van der Waals surface area contributed by atoms with Crippen LogP contribution in [0.4, 0.5) is 11.6 Å². The molecule has 3 aromatic carbocycles. The summed E-state index contributed by atoms with van der Waals surface area (Å²) in [6.07, 6.45) is 0. The van der Waals surface area contributed by atoms with Gasteiger partial charge in [-0.25, -0.2) is 4.98 Å². The number of rotatable bonds is 4. The number of aryl methyl sites for hydroxylation is 1. The fraction of sp³-hybridized carbons (Fsp3) is 0.240. The Morgan fingerprint density at radius 1 is 0.933 bits per heavy atom. The molecule has 5 heteroatoms. The molecule has 5 rings (SSSR count). The molecule has 0 atom stereocenters. The molecule has 0 bridgehead atoms.